The quantitative estimate of drug-likeness (QED) is 0.389. The first-order valence-electron chi connectivity index (χ1n) is 6.59. The summed E-state index contributed by atoms with van der Waals surface area (Å²) in [6.45, 7) is 0.915. The van der Waals surface area contributed by atoms with Crippen LogP contribution in [0, 0.1) is 0 Å². The SMILES string of the molecule is COCCCSCCCCCCCCCS. The second-order valence-corrected chi connectivity index (χ2v) is 5.83. The molecular formula is C13H28OS2. The van der Waals surface area contributed by atoms with Crippen LogP contribution < -0.4 is 0 Å². The monoisotopic (exact) mass is 264 g/mol. The van der Waals surface area contributed by atoms with E-state index in [9.17, 15) is 0 Å². The van der Waals surface area contributed by atoms with Gasteiger partial charge in [-0.1, -0.05) is 32.1 Å². The van der Waals surface area contributed by atoms with Crippen LogP contribution in [0.2, 0.25) is 0 Å². The summed E-state index contributed by atoms with van der Waals surface area (Å²) in [6.07, 6.45) is 10.9. The second kappa shape index (κ2) is 15.7. The normalized spacial score (nSPS) is 10.9. The number of thioether (sulfide) groups is 1. The van der Waals surface area contributed by atoms with Crippen LogP contribution in [0.5, 0.6) is 0 Å². The Morgan fingerprint density at radius 2 is 1.38 bits per heavy atom. The summed E-state index contributed by atoms with van der Waals surface area (Å²) in [4.78, 5) is 0. The summed E-state index contributed by atoms with van der Waals surface area (Å²) in [5, 5.41) is 0. The van der Waals surface area contributed by atoms with Gasteiger partial charge in [0.05, 0.1) is 0 Å². The fraction of sp³-hybridized carbons (Fsp3) is 1.00. The van der Waals surface area contributed by atoms with E-state index in [4.69, 9.17) is 4.74 Å². The van der Waals surface area contributed by atoms with Crippen LogP contribution in [0.25, 0.3) is 0 Å². The average molecular weight is 264 g/mol. The molecule has 0 atom stereocenters. The summed E-state index contributed by atoms with van der Waals surface area (Å²) in [7, 11) is 1.78. The van der Waals surface area contributed by atoms with E-state index in [1.165, 1.54) is 62.9 Å². The number of hydrogen-bond acceptors (Lipinski definition) is 3. The van der Waals surface area contributed by atoms with Crippen molar-refractivity contribution in [1.82, 2.24) is 0 Å². The molecule has 98 valence electrons. The highest BCUT2D eigenvalue weighted by molar-refractivity contribution is 7.99. The van der Waals surface area contributed by atoms with Crippen LogP contribution in [-0.4, -0.2) is 31.0 Å². The zero-order valence-electron chi connectivity index (χ0n) is 10.7. The lowest BCUT2D eigenvalue weighted by atomic mass is 10.1. The van der Waals surface area contributed by atoms with E-state index in [-0.39, 0.29) is 0 Å². The summed E-state index contributed by atoms with van der Waals surface area (Å²) in [6, 6.07) is 0. The molecule has 0 saturated carbocycles. The van der Waals surface area contributed by atoms with Crippen LogP contribution in [0.3, 0.4) is 0 Å². The maximum absolute atomic E-state index is 5.01. The number of thiol groups is 1. The average Bonchev–Trinajstić information content (AvgIpc) is 2.31. The van der Waals surface area contributed by atoms with Crippen molar-refractivity contribution in [2.45, 2.75) is 51.4 Å². The van der Waals surface area contributed by atoms with E-state index < -0.39 is 0 Å². The summed E-state index contributed by atoms with van der Waals surface area (Å²) < 4.78 is 5.01. The van der Waals surface area contributed by atoms with Gasteiger partial charge >= 0.3 is 0 Å². The minimum atomic E-state index is 0.915. The fourth-order valence-electron chi connectivity index (χ4n) is 1.61. The number of hydrogen-bond donors (Lipinski definition) is 1. The third-order valence-electron chi connectivity index (χ3n) is 2.58. The van der Waals surface area contributed by atoms with Crippen molar-refractivity contribution in [2.24, 2.45) is 0 Å². The minimum Gasteiger partial charge on any atom is -0.385 e. The van der Waals surface area contributed by atoms with Crippen LogP contribution in [-0.2, 0) is 4.74 Å². The van der Waals surface area contributed by atoms with Gasteiger partial charge in [-0.15, -0.1) is 0 Å². The molecule has 0 N–H and O–H groups in total. The van der Waals surface area contributed by atoms with Crippen molar-refractivity contribution >= 4 is 24.4 Å². The Hall–Kier alpha value is 0.660. The molecule has 0 aromatic rings. The summed E-state index contributed by atoms with van der Waals surface area (Å²) in [5.74, 6) is 3.65. The van der Waals surface area contributed by atoms with Gasteiger partial charge in [0.25, 0.3) is 0 Å². The van der Waals surface area contributed by atoms with Crippen molar-refractivity contribution in [3.63, 3.8) is 0 Å². The largest absolute Gasteiger partial charge is 0.385 e. The van der Waals surface area contributed by atoms with Crippen molar-refractivity contribution in [2.75, 3.05) is 31.0 Å². The number of rotatable bonds is 13. The van der Waals surface area contributed by atoms with Crippen LogP contribution in [0.1, 0.15) is 51.4 Å². The Balaban J connectivity index is 2.83. The third kappa shape index (κ3) is 14.7. The Kier molecular flexibility index (Phi) is 16.3. The highest BCUT2D eigenvalue weighted by atomic mass is 32.2. The van der Waals surface area contributed by atoms with Crippen molar-refractivity contribution in [3.8, 4) is 0 Å². The van der Waals surface area contributed by atoms with Gasteiger partial charge in [0, 0.05) is 13.7 Å². The molecule has 16 heavy (non-hydrogen) atoms. The molecule has 0 aromatic carbocycles. The molecule has 0 aliphatic heterocycles. The van der Waals surface area contributed by atoms with Gasteiger partial charge in [0.1, 0.15) is 0 Å². The smallest absolute Gasteiger partial charge is 0.0470 e. The van der Waals surface area contributed by atoms with E-state index in [2.05, 4.69) is 24.4 Å². The first-order valence-corrected chi connectivity index (χ1v) is 8.38. The van der Waals surface area contributed by atoms with Crippen LogP contribution in [0.4, 0.5) is 0 Å². The van der Waals surface area contributed by atoms with Crippen LogP contribution >= 0.6 is 24.4 Å². The van der Waals surface area contributed by atoms with E-state index in [1.807, 2.05) is 0 Å². The van der Waals surface area contributed by atoms with Gasteiger partial charge in [0.2, 0.25) is 0 Å². The zero-order chi connectivity index (χ0) is 11.9. The van der Waals surface area contributed by atoms with Gasteiger partial charge < -0.3 is 4.74 Å². The molecule has 0 radical (unpaired) electrons. The molecule has 0 unspecified atom stereocenters. The van der Waals surface area contributed by atoms with Crippen molar-refractivity contribution in [1.29, 1.82) is 0 Å². The van der Waals surface area contributed by atoms with E-state index >= 15 is 0 Å². The van der Waals surface area contributed by atoms with E-state index in [0.717, 1.165) is 12.4 Å². The van der Waals surface area contributed by atoms with Crippen molar-refractivity contribution in [3.05, 3.63) is 0 Å². The van der Waals surface area contributed by atoms with Gasteiger partial charge in [-0.25, -0.2) is 0 Å². The Morgan fingerprint density at radius 3 is 2.00 bits per heavy atom. The topological polar surface area (TPSA) is 9.23 Å². The van der Waals surface area contributed by atoms with E-state index in [0.29, 0.717) is 0 Å². The molecule has 0 aromatic heterocycles. The summed E-state index contributed by atoms with van der Waals surface area (Å²) >= 11 is 6.29. The van der Waals surface area contributed by atoms with E-state index in [1.54, 1.807) is 7.11 Å². The maximum atomic E-state index is 5.01. The molecule has 0 heterocycles. The Labute approximate surface area is 112 Å². The first kappa shape index (κ1) is 16.7. The maximum Gasteiger partial charge on any atom is 0.0470 e. The molecule has 0 aliphatic carbocycles. The molecule has 1 nitrogen and oxygen atoms in total. The second-order valence-electron chi connectivity index (χ2n) is 4.16. The summed E-state index contributed by atoms with van der Waals surface area (Å²) in [5.41, 5.74) is 0. The molecule has 0 saturated heterocycles. The van der Waals surface area contributed by atoms with Gasteiger partial charge in [-0.2, -0.15) is 24.4 Å². The lowest BCUT2D eigenvalue weighted by molar-refractivity contribution is 0.200. The van der Waals surface area contributed by atoms with Gasteiger partial charge in [-0.3, -0.25) is 0 Å². The molecule has 0 rings (SSSR count). The third-order valence-corrected chi connectivity index (χ3v) is 4.05. The molecule has 0 spiro atoms. The lowest BCUT2D eigenvalue weighted by Crippen LogP contribution is -1.91. The number of unbranched alkanes of at least 4 members (excludes halogenated alkanes) is 6. The number of ether oxygens (including phenoxy) is 1. The highest BCUT2D eigenvalue weighted by Gasteiger charge is 1.93. The Bertz CT molecular complexity index is 107. The number of methoxy groups -OCH3 is 1. The molecule has 0 bridgehead atoms. The minimum absolute atomic E-state index is 0.915. The molecule has 3 heteroatoms. The Morgan fingerprint density at radius 1 is 0.812 bits per heavy atom. The van der Waals surface area contributed by atoms with Crippen molar-refractivity contribution < 1.29 is 4.74 Å². The molecular weight excluding hydrogens is 236 g/mol. The highest BCUT2D eigenvalue weighted by Crippen LogP contribution is 2.11. The molecule has 0 aliphatic rings. The first-order chi connectivity index (χ1) is 7.91. The lowest BCUT2D eigenvalue weighted by Gasteiger charge is -2.02. The predicted octanol–water partition coefficient (Wildman–Crippen LogP) is 4.42. The van der Waals surface area contributed by atoms with Gasteiger partial charge in [0.15, 0.2) is 0 Å². The van der Waals surface area contributed by atoms with Gasteiger partial charge in [-0.05, 0) is 36.5 Å². The molecule has 0 amide bonds. The van der Waals surface area contributed by atoms with Crippen LogP contribution in [0.15, 0.2) is 0 Å². The zero-order valence-corrected chi connectivity index (χ0v) is 12.5. The predicted molar refractivity (Wildman–Crippen MR) is 80.0 cm³/mol. The standard InChI is InChI=1S/C13H28OS2/c1-14-10-9-13-16-12-8-6-4-2-3-5-7-11-15/h15H,2-13H2,1H3. The molecule has 0 fully saturated rings. The fourth-order valence-corrected chi connectivity index (χ4v) is 2.77.